The summed E-state index contributed by atoms with van der Waals surface area (Å²) in [5.41, 5.74) is 0. The fraction of sp³-hybridized carbons (Fsp3) is 0.667. The van der Waals surface area contributed by atoms with Crippen molar-refractivity contribution in [3.8, 4) is 0 Å². The highest BCUT2D eigenvalue weighted by Gasteiger charge is 2.39. The lowest BCUT2D eigenvalue weighted by Gasteiger charge is -2.22. The van der Waals surface area contributed by atoms with E-state index in [0.29, 0.717) is 0 Å². The zero-order chi connectivity index (χ0) is 8.55. The van der Waals surface area contributed by atoms with E-state index in [1.807, 2.05) is 6.92 Å². The summed E-state index contributed by atoms with van der Waals surface area (Å²) < 4.78 is 5.20. The van der Waals surface area contributed by atoms with Gasteiger partial charge in [0.15, 0.2) is 0 Å². The molecular weight excluding hydrogens is 154 g/mol. The first kappa shape index (κ1) is 7.65. The highest BCUT2D eigenvalue weighted by molar-refractivity contribution is 5.71. The lowest BCUT2D eigenvalue weighted by Crippen LogP contribution is -2.35. The SMILES string of the molecule is CCN1C(=O)O[C@H]2CCC=C[C@H]21. The summed E-state index contributed by atoms with van der Waals surface area (Å²) in [6.45, 7) is 2.72. The average Bonchev–Trinajstić information content (AvgIpc) is 2.40. The van der Waals surface area contributed by atoms with Crippen molar-refractivity contribution in [1.29, 1.82) is 0 Å². The number of rotatable bonds is 1. The third-order valence-corrected chi connectivity index (χ3v) is 2.52. The van der Waals surface area contributed by atoms with Crippen LogP contribution >= 0.6 is 0 Å². The molecule has 0 aromatic rings. The molecule has 2 rings (SSSR count). The fourth-order valence-electron chi connectivity index (χ4n) is 1.88. The molecule has 1 fully saturated rings. The molecule has 0 bridgehead atoms. The van der Waals surface area contributed by atoms with E-state index < -0.39 is 0 Å². The second kappa shape index (κ2) is 2.81. The van der Waals surface area contributed by atoms with Gasteiger partial charge in [-0.05, 0) is 19.8 Å². The van der Waals surface area contributed by atoms with E-state index in [-0.39, 0.29) is 18.2 Å². The van der Waals surface area contributed by atoms with Crippen molar-refractivity contribution < 1.29 is 9.53 Å². The van der Waals surface area contributed by atoms with E-state index >= 15 is 0 Å². The average molecular weight is 167 g/mol. The number of nitrogens with zero attached hydrogens (tertiary/aromatic N) is 1. The largest absolute Gasteiger partial charge is 0.444 e. The molecule has 0 saturated carbocycles. The highest BCUT2D eigenvalue weighted by Crippen LogP contribution is 2.27. The van der Waals surface area contributed by atoms with Crippen LogP contribution in [0.2, 0.25) is 0 Å². The van der Waals surface area contributed by atoms with Gasteiger partial charge in [0.1, 0.15) is 6.10 Å². The number of allylic oxidation sites excluding steroid dienone is 1. The molecule has 66 valence electrons. The van der Waals surface area contributed by atoms with Crippen molar-refractivity contribution in [1.82, 2.24) is 4.90 Å². The number of carbonyl (C=O) groups is 1. The molecule has 1 amide bonds. The van der Waals surface area contributed by atoms with Crippen molar-refractivity contribution in [2.24, 2.45) is 0 Å². The molecule has 2 atom stereocenters. The lowest BCUT2D eigenvalue weighted by molar-refractivity contribution is 0.126. The van der Waals surface area contributed by atoms with Crippen LogP contribution in [-0.2, 0) is 4.74 Å². The smallest absolute Gasteiger partial charge is 0.410 e. The maximum atomic E-state index is 11.2. The molecule has 3 heteroatoms. The Labute approximate surface area is 72.0 Å². The Morgan fingerprint density at radius 2 is 2.58 bits per heavy atom. The monoisotopic (exact) mass is 167 g/mol. The first-order valence-electron chi connectivity index (χ1n) is 4.47. The summed E-state index contributed by atoms with van der Waals surface area (Å²) in [6, 6.07) is 0.205. The van der Waals surface area contributed by atoms with E-state index in [9.17, 15) is 4.79 Å². The molecular formula is C9H13NO2. The van der Waals surface area contributed by atoms with E-state index in [1.54, 1.807) is 4.90 Å². The first-order chi connectivity index (χ1) is 5.83. The van der Waals surface area contributed by atoms with Gasteiger partial charge in [-0.1, -0.05) is 12.2 Å². The Hall–Kier alpha value is -0.990. The van der Waals surface area contributed by atoms with Gasteiger partial charge in [0.25, 0.3) is 0 Å². The molecule has 2 aliphatic rings. The summed E-state index contributed by atoms with van der Waals surface area (Å²) in [5.74, 6) is 0. The first-order valence-corrected chi connectivity index (χ1v) is 4.47. The minimum atomic E-state index is -0.154. The van der Waals surface area contributed by atoms with E-state index in [1.165, 1.54) is 0 Å². The van der Waals surface area contributed by atoms with E-state index in [2.05, 4.69) is 12.2 Å². The van der Waals surface area contributed by atoms with Crippen LogP contribution in [0.1, 0.15) is 19.8 Å². The lowest BCUT2D eigenvalue weighted by atomic mass is 9.99. The summed E-state index contributed by atoms with van der Waals surface area (Å²) in [5, 5.41) is 0. The minimum absolute atomic E-state index is 0.113. The number of hydrogen-bond donors (Lipinski definition) is 0. The molecule has 3 nitrogen and oxygen atoms in total. The number of ether oxygens (including phenoxy) is 1. The Kier molecular flexibility index (Phi) is 1.79. The van der Waals surface area contributed by atoms with E-state index in [0.717, 1.165) is 19.4 Å². The summed E-state index contributed by atoms with van der Waals surface area (Å²) in [6.07, 6.45) is 6.19. The maximum Gasteiger partial charge on any atom is 0.410 e. The highest BCUT2D eigenvalue weighted by atomic mass is 16.6. The van der Waals surface area contributed by atoms with Crippen molar-refractivity contribution >= 4 is 6.09 Å². The van der Waals surface area contributed by atoms with Crippen LogP contribution in [0.4, 0.5) is 4.79 Å². The molecule has 1 aliphatic carbocycles. The van der Waals surface area contributed by atoms with Gasteiger partial charge in [0.05, 0.1) is 6.04 Å². The van der Waals surface area contributed by atoms with Gasteiger partial charge >= 0.3 is 6.09 Å². The quantitative estimate of drug-likeness (QED) is 0.554. The number of carbonyl (C=O) groups excluding carboxylic acids is 1. The molecule has 1 aliphatic heterocycles. The Morgan fingerprint density at radius 3 is 3.33 bits per heavy atom. The van der Waals surface area contributed by atoms with Crippen molar-refractivity contribution in [2.75, 3.05) is 6.54 Å². The molecule has 1 saturated heterocycles. The van der Waals surface area contributed by atoms with Crippen LogP contribution < -0.4 is 0 Å². The number of likely N-dealkylation sites (N-methyl/N-ethyl adjacent to an activating group) is 1. The fourth-order valence-corrected chi connectivity index (χ4v) is 1.88. The maximum absolute atomic E-state index is 11.2. The van der Waals surface area contributed by atoms with Gasteiger partial charge in [-0.2, -0.15) is 0 Å². The van der Waals surface area contributed by atoms with Gasteiger partial charge < -0.3 is 4.74 Å². The Balaban J connectivity index is 2.19. The van der Waals surface area contributed by atoms with Crippen molar-refractivity contribution in [3.63, 3.8) is 0 Å². The van der Waals surface area contributed by atoms with Gasteiger partial charge in [-0.15, -0.1) is 0 Å². The topological polar surface area (TPSA) is 29.5 Å². The molecule has 12 heavy (non-hydrogen) atoms. The van der Waals surface area contributed by atoms with Crippen LogP contribution in [0, 0.1) is 0 Å². The minimum Gasteiger partial charge on any atom is -0.444 e. The molecule has 0 unspecified atom stereocenters. The Bertz CT molecular complexity index is 225. The third kappa shape index (κ3) is 1.00. The van der Waals surface area contributed by atoms with Crippen molar-refractivity contribution in [2.45, 2.75) is 31.9 Å². The zero-order valence-corrected chi connectivity index (χ0v) is 7.19. The van der Waals surface area contributed by atoms with Gasteiger partial charge in [-0.3, -0.25) is 4.90 Å². The summed E-state index contributed by atoms with van der Waals surface area (Å²) in [7, 11) is 0. The summed E-state index contributed by atoms with van der Waals surface area (Å²) >= 11 is 0. The molecule has 0 spiro atoms. The van der Waals surface area contributed by atoms with Crippen LogP contribution in [0.15, 0.2) is 12.2 Å². The normalized spacial score (nSPS) is 33.4. The Morgan fingerprint density at radius 1 is 1.75 bits per heavy atom. The number of fused-ring (bicyclic) bond motifs is 1. The van der Waals surface area contributed by atoms with Crippen LogP contribution in [0.3, 0.4) is 0 Å². The molecule has 0 N–H and O–H groups in total. The van der Waals surface area contributed by atoms with E-state index in [4.69, 9.17) is 4.74 Å². The van der Waals surface area contributed by atoms with Crippen molar-refractivity contribution in [3.05, 3.63) is 12.2 Å². The number of hydrogen-bond acceptors (Lipinski definition) is 2. The van der Waals surface area contributed by atoms with Crippen LogP contribution in [0.25, 0.3) is 0 Å². The number of amides is 1. The van der Waals surface area contributed by atoms with Gasteiger partial charge in [0.2, 0.25) is 0 Å². The zero-order valence-electron chi connectivity index (χ0n) is 7.19. The van der Waals surface area contributed by atoms with Crippen LogP contribution in [0.5, 0.6) is 0 Å². The van der Waals surface area contributed by atoms with Gasteiger partial charge in [-0.25, -0.2) is 4.79 Å². The summed E-state index contributed by atoms with van der Waals surface area (Å²) in [4.78, 5) is 13.0. The second-order valence-corrected chi connectivity index (χ2v) is 3.20. The predicted molar refractivity (Wildman–Crippen MR) is 44.8 cm³/mol. The molecule has 0 aromatic heterocycles. The van der Waals surface area contributed by atoms with Crippen LogP contribution in [-0.4, -0.2) is 29.7 Å². The molecule has 0 radical (unpaired) electrons. The third-order valence-electron chi connectivity index (χ3n) is 2.52. The second-order valence-electron chi connectivity index (χ2n) is 3.20. The molecule has 0 aromatic carbocycles. The standard InChI is InChI=1S/C9H13NO2/c1-2-10-7-5-3-4-6-8(7)12-9(10)11/h3,5,7-8H,2,4,6H2,1H3/t7-,8+/m1/s1. The molecule has 1 heterocycles. The van der Waals surface area contributed by atoms with Gasteiger partial charge in [0, 0.05) is 6.54 Å². The predicted octanol–water partition coefficient (Wildman–Crippen LogP) is 1.55.